The molecular weight excluding hydrogens is 293 g/mol. The Hall–Kier alpha value is -1.37. The predicted molar refractivity (Wildman–Crippen MR) is 84.3 cm³/mol. The van der Waals surface area contributed by atoms with E-state index in [0.29, 0.717) is 12.1 Å². The van der Waals surface area contributed by atoms with Crippen LogP contribution in [0.15, 0.2) is 23.7 Å². The normalized spacial score (nSPS) is 11.0. The maximum absolute atomic E-state index is 13.3. The van der Waals surface area contributed by atoms with Gasteiger partial charge < -0.3 is 5.73 Å². The summed E-state index contributed by atoms with van der Waals surface area (Å²) in [5, 5.41) is 0. The van der Waals surface area contributed by atoms with Crippen LogP contribution in [-0.4, -0.2) is 21.9 Å². The van der Waals surface area contributed by atoms with E-state index in [0.717, 1.165) is 17.8 Å². The highest BCUT2D eigenvalue weighted by Crippen LogP contribution is 2.18. The molecule has 20 heavy (non-hydrogen) atoms. The second-order valence-electron chi connectivity index (χ2n) is 4.70. The van der Waals surface area contributed by atoms with Gasteiger partial charge in [-0.05, 0) is 31.7 Å². The number of nitrogens with two attached hydrogens (primary N) is 1. The van der Waals surface area contributed by atoms with Gasteiger partial charge in [-0.15, -0.1) is 11.3 Å². The Balaban J connectivity index is 2.13. The van der Waals surface area contributed by atoms with Crippen molar-refractivity contribution in [3.8, 4) is 0 Å². The van der Waals surface area contributed by atoms with Crippen molar-refractivity contribution in [2.75, 3.05) is 7.05 Å². The molecule has 1 aromatic heterocycles. The number of aryl methyl sites for hydroxylation is 1. The third-order valence-corrected chi connectivity index (χ3v) is 4.18. The Morgan fingerprint density at radius 3 is 2.80 bits per heavy atom. The van der Waals surface area contributed by atoms with E-state index in [1.54, 1.807) is 17.4 Å². The molecule has 0 saturated carbocycles. The van der Waals surface area contributed by atoms with Gasteiger partial charge in [-0.2, -0.15) is 0 Å². The predicted octanol–water partition coefficient (Wildman–Crippen LogP) is 2.86. The third-order valence-electron chi connectivity index (χ3n) is 3.04. The van der Waals surface area contributed by atoms with E-state index in [1.807, 2.05) is 19.5 Å². The van der Waals surface area contributed by atoms with E-state index in [4.69, 9.17) is 18.0 Å². The lowest BCUT2D eigenvalue weighted by molar-refractivity contribution is 0.321. The van der Waals surface area contributed by atoms with Crippen molar-refractivity contribution >= 4 is 28.5 Å². The second-order valence-corrected chi connectivity index (χ2v) is 6.08. The summed E-state index contributed by atoms with van der Waals surface area (Å²) < 4.78 is 13.3. The minimum absolute atomic E-state index is 0.224. The molecule has 0 spiro atoms. The maximum atomic E-state index is 13.3. The van der Waals surface area contributed by atoms with Gasteiger partial charge in [-0.1, -0.05) is 18.3 Å². The molecule has 0 aliphatic carbocycles. The summed E-state index contributed by atoms with van der Waals surface area (Å²) in [6.45, 7) is 3.45. The maximum Gasteiger partial charge on any atom is 0.123 e. The summed E-state index contributed by atoms with van der Waals surface area (Å²) >= 11 is 6.62. The number of halogens is 1. The molecule has 0 amide bonds. The number of hydrogen-bond donors (Lipinski definition) is 1. The molecule has 0 aliphatic heterocycles. The van der Waals surface area contributed by atoms with Crippen LogP contribution in [0.25, 0.3) is 0 Å². The summed E-state index contributed by atoms with van der Waals surface area (Å²) in [4.78, 5) is 7.82. The molecule has 2 aromatic rings. The Morgan fingerprint density at radius 2 is 2.20 bits per heavy atom. The minimum Gasteiger partial charge on any atom is -0.389 e. The Kier molecular flexibility index (Phi) is 4.80. The number of benzene rings is 1. The number of nitrogens with zero attached hydrogens (tertiary/aromatic N) is 2. The number of rotatable bonds is 5. The highest BCUT2D eigenvalue weighted by atomic mass is 32.1. The smallest absolute Gasteiger partial charge is 0.123 e. The minimum atomic E-state index is -0.322. The van der Waals surface area contributed by atoms with E-state index >= 15 is 0 Å². The second kappa shape index (κ2) is 6.39. The molecule has 106 valence electrons. The lowest BCUT2D eigenvalue weighted by Crippen LogP contribution is -2.21. The molecule has 0 saturated heterocycles. The molecule has 0 radical (unpaired) electrons. The zero-order valence-electron chi connectivity index (χ0n) is 11.4. The van der Waals surface area contributed by atoms with Gasteiger partial charge in [0.05, 0.1) is 11.2 Å². The summed E-state index contributed by atoms with van der Waals surface area (Å²) in [7, 11) is 2.01. The molecular formula is C14H16FN3S2. The molecule has 3 nitrogen and oxygen atoms in total. The first-order valence-corrected chi connectivity index (χ1v) is 7.42. The first kappa shape index (κ1) is 15.0. The summed E-state index contributed by atoms with van der Waals surface area (Å²) in [6.07, 6.45) is 0. The first-order valence-electron chi connectivity index (χ1n) is 6.13. The SMILES string of the molecule is Cc1ncsc1CN(C)Cc1ccc(F)cc1C(N)=S. The van der Waals surface area contributed by atoms with Crippen molar-refractivity contribution in [1.29, 1.82) is 0 Å². The van der Waals surface area contributed by atoms with Crippen LogP contribution < -0.4 is 5.73 Å². The number of thiocarbonyl (C=S) groups is 1. The monoisotopic (exact) mass is 309 g/mol. The van der Waals surface area contributed by atoms with Crippen LogP contribution in [0, 0.1) is 12.7 Å². The largest absolute Gasteiger partial charge is 0.389 e. The summed E-state index contributed by atoms with van der Waals surface area (Å²) in [5.74, 6) is -0.322. The van der Waals surface area contributed by atoms with E-state index in [2.05, 4.69) is 9.88 Å². The summed E-state index contributed by atoms with van der Waals surface area (Å²) in [5.41, 5.74) is 10.1. The Labute approximate surface area is 127 Å². The van der Waals surface area contributed by atoms with Gasteiger partial charge in [-0.25, -0.2) is 9.37 Å². The van der Waals surface area contributed by atoms with Gasteiger partial charge in [0.1, 0.15) is 10.8 Å². The van der Waals surface area contributed by atoms with Crippen LogP contribution in [0.3, 0.4) is 0 Å². The average Bonchev–Trinajstić information content (AvgIpc) is 2.77. The van der Waals surface area contributed by atoms with Crippen LogP contribution in [-0.2, 0) is 13.1 Å². The molecule has 2 rings (SSSR count). The molecule has 0 aliphatic rings. The van der Waals surface area contributed by atoms with Gasteiger partial charge in [-0.3, -0.25) is 4.90 Å². The molecule has 0 bridgehead atoms. The van der Waals surface area contributed by atoms with Crippen molar-refractivity contribution in [1.82, 2.24) is 9.88 Å². The Bertz CT molecular complexity index is 625. The zero-order chi connectivity index (χ0) is 14.7. The zero-order valence-corrected chi connectivity index (χ0v) is 13.0. The highest BCUT2D eigenvalue weighted by Gasteiger charge is 2.11. The van der Waals surface area contributed by atoms with Gasteiger partial charge >= 0.3 is 0 Å². The first-order chi connectivity index (χ1) is 9.47. The summed E-state index contributed by atoms with van der Waals surface area (Å²) in [6, 6.07) is 4.56. The van der Waals surface area contributed by atoms with Crippen molar-refractivity contribution < 1.29 is 4.39 Å². The van der Waals surface area contributed by atoms with Gasteiger partial charge in [0, 0.05) is 23.5 Å². The van der Waals surface area contributed by atoms with Gasteiger partial charge in [0.15, 0.2) is 0 Å². The van der Waals surface area contributed by atoms with Gasteiger partial charge in [0.25, 0.3) is 0 Å². The van der Waals surface area contributed by atoms with Crippen molar-refractivity contribution in [2.45, 2.75) is 20.0 Å². The fourth-order valence-corrected chi connectivity index (χ4v) is 3.03. The fourth-order valence-electron chi connectivity index (χ4n) is 1.99. The van der Waals surface area contributed by atoms with Gasteiger partial charge in [0.2, 0.25) is 0 Å². The lowest BCUT2D eigenvalue weighted by atomic mass is 10.1. The average molecular weight is 309 g/mol. The van der Waals surface area contributed by atoms with Crippen LogP contribution in [0.2, 0.25) is 0 Å². The van der Waals surface area contributed by atoms with E-state index in [-0.39, 0.29) is 10.8 Å². The van der Waals surface area contributed by atoms with E-state index < -0.39 is 0 Å². The van der Waals surface area contributed by atoms with Crippen molar-refractivity contribution in [3.63, 3.8) is 0 Å². The topological polar surface area (TPSA) is 42.2 Å². The van der Waals surface area contributed by atoms with Crippen LogP contribution >= 0.6 is 23.6 Å². The Morgan fingerprint density at radius 1 is 1.45 bits per heavy atom. The highest BCUT2D eigenvalue weighted by molar-refractivity contribution is 7.80. The standard InChI is InChI=1S/C14H16FN3S2/c1-9-13(20-8-17-9)7-18(2)6-10-3-4-11(15)5-12(10)14(16)19/h3-5,8H,6-7H2,1-2H3,(H2,16,19). The number of thiazole rings is 1. The lowest BCUT2D eigenvalue weighted by Gasteiger charge is -2.18. The molecule has 1 aromatic carbocycles. The van der Waals surface area contributed by atoms with Crippen molar-refractivity contribution in [3.05, 3.63) is 51.2 Å². The molecule has 6 heteroatoms. The van der Waals surface area contributed by atoms with Crippen LogP contribution in [0.1, 0.15) is 21.7 Å². The molecule has 2 N–H and O–H groups in total. The van der Waals surface area contributed by atoms with Crippen LogP contribution in [0.5, 0.6) is 0 Å². The molecule has 0 unspecified atom stereocenters. The van der Waals surface area contributed by atoms with E-state index in [1.165, 1.54) is 17.0 Å². The molecule has 0 atom stereocenters. The number of aromatic nitrogens is 1. The quantitative estimate of drug-likeness (QED) is 0.863. The molecule has 1 heterocycles. The molecule has 0 fully saturated rings. The third kappa shape index (κ3) is 3.59. The fraction of sp³-hybridized carbons (Fsp3) is 0.286. The van der Waals surface area contributed by atoms with Crippen LogP contribution in [0.4, 0.5) is 4.39 Å². The number of hydrogen-bond acceptors (Lipinski definition) is 4. The van der Waals surface area contributed by atoms with E-state index in [9.17, 15) is 4.39 Å². The van der Waals surface area contributed by atoms with Crippen molar-refractivity contribution in [2.24, 2.45) is 5.73 Å².